The van der Waals surface area contributed by atoms with E-state index in [9.17, 15) is 10.1 Å². The van der Waals surface area contributed by atoms with Gasteiger partial charge in [-0.1, -0.05) is 11.6 Å². The third kappa shape index (κ3) is 1.72. The van der Waals surface area contributed by atoms with Gasteiger partial charge in [0.15, 0.2) is 5.02 Å². The van der Waals surface area contributed by atoms with Crippen LogP contribution in [0.3, 0.4) is 0 Å². The minimum Gasteiger partial charge on any atom is -0.495 e. The lowest BCUT2D eigenvalue weighted by Crippen LogP contribution is -1.95. The fourth-order valence-electron chi connectivity index (χ4n) is 1.02. The predicted octanol–water partition coefficient (Wildman–Crippen LogP) is 2.57. The lowest BCUT2D eigenvalue weighted by molar-refractivity contribution is -0.385. The minimum absolute atomic E-state index is 0.0486. The van der Waals surface area contributed by atoms with Crippen molar-refractivity contribution in [1.82, 2.24) is 0 Å². The van der Waals surface area contributed by atoms with Crippen LogP contribution in [0.2, 0.25) is 5.02 Å². The zero-order valence-corrected chi connectivity index (χ0v) is 7.96. The molecule has 1 rings (SSSR count). The molecule has 0 saturated heterocycles. The van der Waals surface area contributed by atoms with Crippen molar-refractivity contribution < 1.29 is 9.66 Å². The largest absolute Gasteiger partial charge is 0.495 e. The van der Waals surface area contributed by atoms with Gasteiger partial charge in [0.1, 0.15) is 5.75 Å². The van der Waals surface area contributed by atoms with Gasteiger partial charge in [-0.25, -0.2) is 0 Å². The van der Waals surface area contributed by atoms with Crippen molar-refractivity contribution >= 4 is 17.3 Å². The smallest absolute Gasteiger partial charge is 0.294 e. The Labute approximate surface area is 80.2 Å². The zero-order chi connectivity index (χ0) is 10.0. The topological polar surface area (TPSA) is 52.4 Å². The molecule has 0 radical (unpaired) electrons. The van der Waals surface area contributed by atoms with Crippen LogP contribution < -0.4 is 4.74 Å². The van der Waals surface area contributed by atoms with Crippen LogP contribution in [0.4, 0.5) is 5.69 Å². The number of hydrogen-bond donors (Lipinski definition) is 0. The molecule has 0 aliphatic rings. The van der Waals surface area contributed by atoms with Gasteiger partial charge in [-0.05, 0) is 19.1 Å². The normalized spacial score (nSPS) is 9.77. The molecule has 0 unspecified atom stereocenters. The summed E-state index contributed by atoms with van der Waals surface area (Å²) in [6, 6.07) is 3.20. The number of nitro benzene ring substituents is 1. The molecule has 70 valence electrons. The van der Waals surface area contributed by atoms with E-state index < -0.39 is 4.92 Å². The van der Waals surface area contributed by atoms with Gasteiger partial charge in [0.2, 0.25) is 0 Å². The summed E-state index contributed by atoms with van der Waals surface area (Å²) >= 11 is 5.74. The molecule has 0 aliphatic carbocycles. The summed E-state index contributed by atoms with van der Waals surface area (Å²) in [5.41, 5.74) is 0.428. The molecule has 0 N–H and O–H groups in total. The average Bonchev–Trinajstić information content (AvgIpc) is 2.04. The van der Waals surface area contributed by atoms with Crippen molar-refractivity contribution in [2.45, 2.75) is 6.92 Å². The fourth-order valence-corrected chi connectivity index (χ4v) is 1.38. The van der Waals surface area contributed by atoms with Gasteiger partial charge in [0.25, 0.3) is 5.69 Å². The van der Waals surface area contributed by atoms with Gasteiger partial charge in [0.05, 0.1) is 12.0 Å². The predicted molar refractivity (Wildman–Crippen MR) is 49.4 cm³/mol. The van der Waals surface area contributed by atoms with Gasteiger partial charge in [-0.3, -0.25) is 10.1 Å². The first-order valence-electron chi connectivity index (χ1n) is 3.55. The Morgan fingerprint density at radius 3 is 2.62 bits per heavy atom. The Balaban J connectivity index is 3.38. The molecule has 0 atom stereocenters. The molecular weight excluding hydrogens is 194 g/mol. The molecular formula is C8H8ClNO3. The van der Waals surface area contributed by atoms with E-state index in [0.29, 0.717) is 11.3 Å². The van der Waals surface area contributed by atoms with Gasteiger partial charge in [-0.2, -0.15) is 0 Å². The van der Waals surface area contributed by atoms with Crippen LogP contribution in [0.1, 0.15) is 5.56 Å². The molecule has 0 fully saturated rings. The molecule has 4 nitrogen and oxygen atoms in total. The number of nitrogens with zero attached hydrogens (tertiary/aromatic N) is 1. The van der Waals surface area contributed by atoms with Crippen molar-refractivity contribution in [3.05, 3.63) is 32.8 Å². The van der Waals surface area contributed by atoms with Crippen LogP contribution in [0.5, 0.6) is 5.75 Å². The fraction of sp³-hybridized carbons (Fsp3) is 0.250. The molecule has 5 heteroatoms. The summed E-state index contributed by atoms with van der Waals surface area (Å²) in [6.07, 6.45) is 0. The second-order valence-corrected chi connectivity index (χ2v) is 2.88. The number of rotatable bonds is 2. The van der Waals surface area contributed by atoms with Crippen LogP contribution >= 0.6 is 11.6 Å². The van der Waals surface area contributed by atoms with E-state index in [-0.39, 0.29) is 10.7 Å². The number of ether oxygens (including phenoxy) is 1. The van der Waals surface area contributed by atoms with Gasteiger partial charge in [0, 0.05) is 5.56 Å². The summed E-state index contributed by atoms with van der Waals surface area (Å²) in [6.45, 7) is 1.63. The monoisotopic (exact) mass is 201 g/mol. The summed E-state index contributed by atoms with van der Waals surface area (Å²) in [5.74, 6) is 0.318. The second-order valence-electron chi connectivity index (χ2n) is 2.50. The maximum atomic E-state index is 10.6. The standard InChI is InChI=1S/C8H8ClNO3/c1-5-3-4-6(13-2)7(9)8(5)10(11)12/h3-4H,1-2H3. The summed E-state index contributed by atoms with van der Waals surface area (Å²) in [4.78, 5) is 10.1. The number of halogens is 1. The molecule has 0 aliphatic heterocycles. The van der Waals surface area contributed by atoms with Crippen LogP contribution in [-0.2, 0) is 0 Å². The Kier molecular flexibility index (Phi) is 2.72. The molecule has 0 bridgehead atoms. The number of nitro groups is 1. The van der Waals surface area contributed by atoms with Crippen molar-refractivity contribution in [1.29, 1.82) is 0 Å². The van der Waals surface area contributed by atoms with E-state index in [1.807, 2.05) is 0 Å². The highest BCUT2D eigenvalue weighted by atomic mass is 35.5. The van der Waals surface area contributed by atoms with E-state index in [2.05, 4.69) is 0 Å². The van der Waals surface area contributed by atoms with Crippen LogP contribution in [0.15, 0.2) is 12.1 Å². The number of aryl methyl sites for hydroxylation is 1. The maximum Gasteiger partial charge on any atom is 0.294 e. The van der Waals surface area contributed by atoms with Gasteiger partial charge in [-0.15, -0.1) is 0 Å². The van der Waals surface area contributed by atoms with Crippen molar-refractivity contribution in [3.63, 3.8) is 0 Å². The van der Waals surface area contributed by atoms with E-state index in [0.717, 1.165) is 0 Å². The first-order valence-corrected chi connectivity index (χ1v) is 3.93. The average molecular weight is 202 g/mol. The van der Waals surface area contributed by atoms with Crippen molar-refractivity contribution in [3.8, 4) is 5.75 Å². The SMILES string of the molecule is COc1ccc(C)c([N+](=O)[O-])c1Cl. The van der Waals surface area contributed by atoms with Crippen LogP contribution in [0.25, 0.3) is 0 Å². The van der Waals surface area contributed by atoms with Crippen molar-refractivity contribution in [2.24, 2.45) is 0 Å². The first kappa shape index (κ1) is 9.80. The van der Waals surface area contributed by atoms with E-state index in [1.54, 1.807) is 19.1 Å². The molecule has 0 heterocycles. The number of methoxy groups -OCH3 is 1. The highest BCUT2D eigenvalue weighted by Gasteiger charge is 2.19. The van der Waals surface area contributed by atoms with Gasteiger partial charge < -0.3 is 4.74 Å². The minimum atomic E-state index is -0.514. The Morgan fingerprint density at radius 2 is 2.15 bits per heavy atom. The summed E-state index contributed by atoms with van der Waals surface area (Å²) in [5, 5.41) is 10.6. The number of hydrogen-bond acceptors (Lipinski definition) is 3. The Bertz CT molecular complexity index is 351. The third-order valence-electron chi connectivity index (χ3n) is 1.68. The molecule has 0 spiro atoms. The Morgan fingerprint density at radius 1 is 1.54 bits per heavy atom. The zero-order valence-electron chi connectivity index (χ0n) is 7.20. The maximum absolute atomic E-state index is 10.6. The summed E-state index contributed by atoms with van der Waals surface area (Å²) in [7, 11) is 1.42. The van der Waals surface area contributed by atoms with Crippen molar-refractivity contribution in [2.75, 3.05) is 7.11 Å². The van der Waals surface area contributed by atoms with Crippen LogP contribution in [-0.4, -0.2) is 12.0 Å². The first-order chi connectivity index (χ1) is 6.07. The number of benzene rings is 1. The van der Waals surface area contributed by atoms with E-state index in [1.165, 1.54) is 7.11 Å². The van der Waals surface area contributed by atoms with Gasteiger partial charge >= 0.3 is 0 Å². The lowest BCUT2D eigenvalue weighted by Gasteiger charge is -2.04. The quantitative estimate of drug-likeness (QED) is 0.546. The molecule has 0 amide bonds. The molecule has 1 aromatic carbocycles. The highest BCUT2D eigenvalue weighted by Crippen LogP contribution is 2.35. The summed E-state index contributed by atoms with van der Waals surface area (Å²) < 4.78 is 4.85. The van der Waals surface area contributed by atoms with E-state index in [4.69, 9.17) is 16.3 Å². The second kappa shape index (κ2) is 3.62. The lowest BCUT2D eigenvalue weighted by atomic mass is 10.2. The van der Waals surface area contributed by atoms with Crippen LogP contribution in [0, 0.1) is 17.0 Å². The van der Waals surface area contributed by atoms with E-state index >= 15 is 0 Å². The molecule has 0 aromatic heterocycles. The molecule has 1 aromatic rings. The molecule has 0 saturated carbocycles. The third-order valence-corrected chi connectivity index (χ3v) is 2.05. The highest BCUT2D eigenvalue weighted by molar-refractivity contribution is 6.34. The Hall–Kier alpha value is -1.29. The molecule has 13 heavy (non-hydrogen) atoms.